The number of ether oxygens (including phenoxy) is 1. The zero-order valence-electron chi connectivity index (χ0n) is 12.9. The van der Waals surface area contributed by atoms with Gasteiger partial charge in [0.05, 0.1) is 32.3 Å². The van der Waals surface area contributed by atoms with Crippen LogP contribution in [0.1, 0.15) is 5.56 Å². The van der Waals surface area contributed by atoms with Crippen molar-refractivity contribution in [3.63, 3.8) is 0 Å². The van der Waals surface area contributed by atoms with Crippen LogP contribution in [0.3, 0.4) is 0 Å². The number of hydrogen-bond donors (Lipinski definition) is 1. The molecule has 0 bridgehead atoms. The number of amides is 1. The van der Waals surface area contributed by atoms with E-state index in [1.165, 1.54) is 12.1 Å². The van der Waals surface area contributed by atoms with Crippen LogP contribution in [0.4, 0.5) is 4.39 Å². The quantitative estimate of drug-likeness (QED) is 0.832. The normalized spacial score (nSPS) is 18.7. The van der Waals surface area contributed by atoms with Crippen LogP contribution in [0, 0.1) is 5.82 Å². The Balaban J connectivity index is 1.96. The number of morpholine rings is 1. The Morgan fingerprint density at radius 3 is 2.86 bits per heavy atom. The maximum Gasteiger partial charge on any atom is 0.227 e. The lowest BCUT2D eigenvalue weighted by atomic mass is 10.1. The van der Waals surface area contributed by atoms with Crippen molar-refractivity contribution in [1.82, 2.24) is 9.80 Å². The van der Waals surface area contributed by atoms with E-state index in [-0.39, 0.29) is 30.8 Å². The summed E-state index contributed by atoms with van der Waals surface area (Å²) in [7, 11) is 1.91. The Labute approximate surface area is 130 Å². The standard InChI is InChI=1S/C16H23FN2O3/c1-18(6-8-20)11-15-12-22-9-7-19(15)16(21)10-13-2-4-14(17)5-3-13/h2-5,15,20H,6-12H2,1H3. The van der Waals surface area contributed by atoms with E-state index in [2.05, 4.69) is 0 Å². The van der Waals surface area contributed by atoms with Crippen molar-refractivity contribution in [2.45, 2.75) is 12.5 Å². The van der Waals surface area contributed by atoms with E-state index < -0.39 is 0 Å². The predicted octanol–water partition coefficient (Wildman–Crippen LogP) is 0.520. The van der Waals surface area contributed by atoms with E-state index >= 15 is 0 Å². The lowest BCUT2D eigenvalue weighted by Crippen LogP contribution is -2.53. The molecule has 122 valence electrons. The van der Waals surface area contributed by atoms with E-state index in [0.717, 1.165) is 5.56 Å². The van der Waals surface area contributed by atoms with Gasteiger partial charge in [0.1, 0.15) is 5.82 Å². The van der Waals surface area contributed by atoms with Crippen molar-refractivity contribution in [3.05, 3.63) is 35.6 Å². The van der Waals surface area contributed by atoms with Crippen LogP contribution in [0.25, 0.3) is 0 Å². The fourth-order valence-corrected chi connectivity index (χ4v) is 2.63. The van der Waals surface area contributed by atoms with E-state index in [1.54, 1.807) is 12.1 Å². The maximum atomic E-state index is 12.9. The molecule has 0 aromatic heterocycles. The summed E-state index contributed by atoms with van der Waals surface area (Å²) in [5.41, 5.74) is 0.806. The van der Waals surface area contributed by atoms with Crippen molar-refractivity contribution >= 4 is 5.91 Å². The minimum Gasteiger partial charge on any atom is -0.395 e. The van der Waals surface area contributed by atoms with Crippen LogP contribution in [-0.2, 0) is 16.0 Å². The van der Waals surface area contributed by atoms with Crippen LogP contribution in [0.2, 0.25) is 0 Å². The van der Waals surface area contributed by atoms with Gasteiger partial charge in [0.15, 0.2) is 0 Å². The molecule has 1 fully saturated rings. The zero-order valence-corrected chi connectivity index (χ0v) is 12.9. The average Bonchev–Trinajstić information content (AvgIpc) is 2.50. The number of likely N-dealkylation sites (N-methyl/N-ethyl adjacent to an activating group) is 1. The Bertz CT molecular complexity index is 481. The first-order chi connectivity index (χ1) is 10.6. The Morgan fingerprint density at radius 2 is 2.18 bits per heavy atom. The fraction of sp³-hybridized carbons (Fsp3) is 0.562. The molecule has 0 aliphatic carbocycles. The second kappa shape index (κ2) is 8.22. The average molecular weight is 310 g/mol. The summed E-state index contributed by atoms with van der Waals surface area (Å²) in [6, 6.07) is 6.00. The van der Waals surface area contributed by atoms with E-state index in [0.29, 0.717) is 32.8 Å². The van der Waals surface area contributed by atoms with Gasteiger partial charge in [-0.3, -0.25) is 4.79 Å². The predicted molar refractivity (Wildman–Crippen MR) is 81.0 cm³/mol. The molecule has 1 amide bonds. The van der Waals surface area contributed by atoms with Gasteiger partial charge in [0, 0.05) is 19.6 Å². The molecule has 1 N–H and O–H groups in total. The lowest BCUT2D eigenvalue weighted by molar-refractivity contribution is -0.139. The van der Waals surface area contributed by atoms with Crippen molar-refractivity contribution in [2.75, 3.05) is 46.5 Å². The topological polar surface area (TPSA) is 53.0 Å². The second-order valence-electron chi connectivity index (χ2n) is 5.60. The molecule has 22 heavy (non-hydrogen) atoms. The van der Waals surface area contributed by atoms with Gasteiger partial charge in [0.25, 0.3) is 0 Å². The van der Waals surface area contributed by atoms with Crippen LogP contribution in [-0.4, -0.2) is 73.4 Å². The number of carbonyl (C=O) groups is 1. The number of carbonyl (C=O) groups excluding carboxylic acids is 1. The molecule has 1 aromatic carbocycles. The SMILES string of the molecule is CN(CCO)CC1COCCN1C(=O)Cc1ccc(F)cc1. The Hall–Kier alpha value is -1.50. The molecule has 0 radical (unpaired) electrons. The van der Waals surface area contributed by atoms with Crippen molar-refractivity contribution in [3.8, 4) is 0 Å². The Morgan fingerprint density at radius 1 is 1.45 bits per heavy atom. The highest BCUT2D eigenvalue weighted by molar-refractivity contribution is 5.79. The molecule has 5 nitrogen and oxygen atoms in total. The lowest BCUT2D eigenvalue weighted by Gasteiger charge is -2.37. The minimum atomic E-state index is -0.300. The summed E-state index contributed by atoms with van der Waals surface area (Å²) in [5, 5.41) is 8.97. The van der Waals surface area contributed by atoms with Gasteiger partial charge in [-0.15, -0.1) is 0 Å². The van der Waals surface area contributed by atoms with Crippen molar-refractivity contribution in [2.24, 2.45) is 0 Å². The summed E-state index contributed by atoms with van der Waals surface area (Å²) in [4.78, 5) is 16.3. The molecular weight excluding hydrogens is 287 g/mol. The van der Waals surface area contributed by atoms with Gasteiger partial charge >= 0.3 is 0 Å². The van der Waals surface area contributed by atoms with Gasteiger partial charge in [-0.05, 0) is 24.7 Å². The third-order valence-electron chi connectivity index (χ3n) is 3.82. The molecule has 1 aromatic rings. The molecule has 1 atom stereocenters. The minimum absolute atomic E-state index is 0.0155. The highest BCUT2D eigenvalue weighted by Gasteiger charge is 2.28. The molecule has 1 aliphatic heterocycles. The smallest absolute Gasteiger partial charge is 0.227 e. The molecule has 2 rings (SSSR count). The summed E-state index contributed by atoms with van der Waals surface area (Å²) in [5.74, 6) is -0.275. The molecule has 6 heteroatoms. The van der Waals surface area contributed by atoms with E-state index in [4.69, 9.17) is 9.84 Å². The van der Waals surface area contributed by atoms with Crippen LogP contribution in [0.5, 0.6) is 0 Å². The molecule has 1 aliphatic rings. The third kappa shape index (κ3) is 4.76. The number of aliphatic hydroxyl groups excluding tert-OH is 1. The number of hydrogen-bond acceptors (Lipinski definition) is 4. The molecule has 1 heterocycles. The molecule has 1 unspecified atom stereocenters. The zero-order chi connectivity index (χ0) is 15.9. The van der Waals surface area contributed by atoms with Gasteiger partial charge in [-0.25, -0.2) is 4.39 Å². The third-order valence-corrected chi connectivity index (χ3v) is 3.82. The number of rotatable bonds is 6. The first kappa shape index (κ1) is 16.9. The first-order valence-corrected chi connectivity index (χ1v) is 7.51. The monoisotopic (exact) mass is 310 g/mol. The van der Waals surface area contributed by atoms with Gasteiger partial charge < -0.3 is 19.6 Å². The summed E-state index contributed by atoms with van der Waals surface area (Å²) >= 11 is 0. The Kier molecular flexibility index (Phi) is 6.30. The van der Waals surface area contributed by atoms with E-state index in [1.807, 2.05) is 16.8 Å². The second-order valence-corrected chi connectivity index (χ2v) is 5.60. The first-order valence-electron chi connectivity index (χ1n) is 7.51. The number of halogens is 1. The summed E-state index contributed by atoms with van der Waals surface area (Å²) in [6.45, 7) is 2.93. The van der Waals surface area contributed by atoms with Crippen LogP contribution >= 0.6 is 0 Å². The largest absolute Gasteiger partial charge is 0.395 e. The number of benzene rings is 1. The van der Waals surface area contributed by atoms with Crippen LogP contribution < -0.4 is 0 Å². The van der Waals surface area contributed by atoms with Gasteiger partial charge in [-0.1, -0.05) is 12.1 Å². The van der Waals surface area contributed by atoms with Gasteiger partial charge in [0.2, 0.25) is 5.91 Å². The highest BCUT2D eigenvalue weighted by Crippen LogP contribution is 2.12. The van der Waals surface area contributed by atoms with Crippen molar-refractivity contribution in [1.29, 1.82) is 0 Å². The molecule has 0 saturated carbocycles. The van der Waals surface area contributed by atoms with Crippen LogP contribution in [0.15, 0.2) is 24.3 Å². The van der Waals surface area contributed by atoms with Crippen molar-refractivity contribution < 1.29 is 19.0 Å². The fourth-order valence-electron chi connectivity index (χ4n) is 2.63. The number of aliphatic hydroxyl groups is 1. The van der Waals surface area contributed by atoms with E-state index in [9.17, 15) is 9.18 Å². The molecule has 0 spiro atoms. The molecule has 1 saturated heterocycles. The highest BCUT2D eigenvalue weighted by atomic mass is 19.1. The van der Waals surface area contributed by atoms with Gasteiger partial charge in [-0.2, -0.15) is 0 Å². The summed E-state index contributed by atoms with van der Waals surface area (Å²) in [6.07, 6.45) is 0.264. The number of nitrogens with zero attached hydrogens (tertiary/aromatic N) is 2. The maximum absolute atomic E-state index is 12.9. The molecular formula is C16H23FN2O3. The summed E-state index contributed by atoms with van der Waals surface area (Å²) < 4.78 is 18.4.